The maximum Gasteiger partial charge on any atom is 0.271 e. The van der Waals surface area contributed by atoms with Crippen molar-refractivity contribution in [3.8, 4) is 0 Å². The van der Waals surface area contributed by atoms with Crippen LogP contribution in [0.1, 0.15) is 41.4 Å². The van der Waals surface area contributed by atoms with Gasteiger partial charge in [-0.1, -0.05) is 12.1 Å². The molecule has 0 saturated carbocycles. The van der Waals surface area contributed by atoms with Crippen molar-refractivity contribution in [3.05, 3.63) is 133 Å². The van der Waals surface area contributed by atoms with Gasteiger partial charge < -0.3 is 10.6 Å². The normalized spacial score (nSPS) is 12.0. The van der Waals surface area contributed by atoms with Gasteiger partial charge in [-0.3, -0.25) is 39.4 Å². The predicted octanol–water partition coefficient (Wildman–Crippen LogP) is 4.81. The number of fused-ring (bicyclic) bond motifs is 1. The Hall–Kier alpha value is -6.24. The number of non-ortho nitro benzene ring substituents is 2. The zero-order valence-electron chi connectivity index (χ0n) is 20.8. The lowest BCUT2D eigenvalue weighted by atomic mass is 10.1. The van der Waals surface area contributed by atoms with Crippen molar-refractivity contribution in [1.82, 2.24) is 0 Å². The van der Waals surface area contributed by atoms with Gasteiger partial charge in [-0.2, -0.15) is 0 Å². The van der Waals surface area contributed by atoms with E-state index in [1.165, 1.54) is 91.0 Å². The minimum atomic E-state index is -0.677. The molecule has 0 bridgehead atoms. The number of nitro groups is 2. The summed E-state index contributed by atoms with van der Waals surface area (Å²) < 4.78 is 0. The fraction of sp³-hybridized carbons (Fsp3) is 0. The fourth-order valence-corrected chi connectivity index (χ4v) is 4.18. The molecule has 41 heavy (non-hydrogen) atoms. The molecule has 0 aromatic heterocycles. The van der Waals surface area contributed by atoms with Crippen molar-refractivity contribution in [2.75, 3.05) is 15.5 Å². The van der Waals surface area contributed by atoms with Crippen LogP contribution in [0.15, 0.2) is 91.0 Å². The van der Waals surface area contributed by atoms with E-state index >= 15 is 0 Å². The smallest absolute Gasteiger partial charge is 0.271 e. The number of carbonyl (C=O) groups excluding carboxylic acids is 4. The van der Waals surface area contributed by atoms with Gasteiger partial charge in [-0.05, 0) is 54.6 Å². The highest BCUT2D eigenvalue weighted by Gasteiger charge is 2.37. The number of hydrogen-bond donors (Lipinski definition) is 2. The molecule has 4 aromatic carbocycles. The third kappa shape index (κ3) is 5.22. The zero-order valence-corrected chi connectivity index (χ0v) is 20.8. The fourth-order valence-electron chi connectivity index (χ4n) is 4.18. The van der Waals surface area contributed by atoms with Crippen molar-refractivity contribution in [2.45, 2.75) is 0 Å². The lowest BCUT2D eigenvalue weighted by Crippen LogP contribution is -2.29. The number of anilines is 3. The van der Waals surface area contributed by atoms with E-state index in [2.05, 4.69) is 10.6 Å². The van der Waals surface area contributed by atoms with Crippen LogP contribution in [-0.4, -0.2) is 33.5 Å². The number of nitrogens with one attached hydrogen (secondary N) is 2. The topological polar surface area (TPSA) is 182 Å². The molecule has 0 spiro atoms. The number of hydrogen-bond acceptors (Lipinski definition) is 8. The molecule has 0 aliphatic carbocycles. The Balaban J connectivity index is 1.31. The molecule has 1 aliphatic heterocycles. The van der Waals surface area contributed by atoms with Crippen LogP contribution in [-0.2, 0) is 0 Å². The van der Waals surface area contributed by atoms with E-state index in [0.29, 0.717) is 0 Å². The molecule has 5 rings (SSSR count). The first-order chi connectivity index (χ1) is 19.6. The molecule has 13 nitrogen and oxygen atoms in total. The first kappa shape index (κ1) is 26.4. The Bertz CT molecular complexity index is 1780. The Morgan fingerprint density at radius 3 is 1.63 bits per heavy atom. The highest BCUT2D eigenvalue weighted by molar-refractivity contribution is 6.34. The molecule has 4 aromatic rings. The second kappa shape index (κ2) is 10.5. The van der Waals surface area contributed by atoms with Crippen LogP contribution in [0.2, 0.25) is 0 Å². The molecular weight excluding hydrogens is 534 g/mol. The summed E-state index contributed by atoms with van der Waals surface area (Å²) in [6, 6.07) is 20.4. The van der Waals surface area contributed by atoms with E-state index < -0.39 is 33.5 Å². The minimum absolute atomic E-state index is 0.00539. The van der Waals surface area contributed by atoms with Crippen molar-refractivity contribution < 1.29 is 29.0 Å². The quantitative estimate of drug-likeness (QED) is 0.186. The van der Waals surface area contributed by atoms with Crippen LogP contribution in [0.4, 0.5) is 28.4 Å². The minimum Gasteiger partial charge on any atom is -0.322 e. The van der Waals surface area contributed by atoms with Crippen LogP contribution < -0.4 is 15.5 Å². The standard InChI is InChI=1S/C28H17N5O8/c34-25(29-18-3-1-5-21(14-18)32(38)39)16-7-10-20(11-8-16)31-27(36)23-12-9-17(13-24(23)28(31)37)26(35)30-19-4-2-6-22(15-19)33(40)41/h1-15H,(H,29,34)(H,30,35). The Kier molecular flexibility index (Phi) is 6.75. The molecule has 202 valence electrons. The van der Waals surface area contributed by atoms with Gasteiger partial charge in [0, 0.05) is 46.8 Å². The molecule has 0 radical (unpaired) electrons. The number of nitrogens with zero attached hydrogens (tertiary/aromatic N) is 3. The summed E-state index contributed by atoms with van der Waals surface area (Å²) in [4.78, 5) is 73.3. The first-order valence-electron chi connectivity index (χ1n) is 11.9. The summed E-state index contributed by atoms with van der Waals surface area (Å²) in [6.45, 7) is 0. The number of rotatable bonds is 7. The molecule has 0 unspecified atom stereocenters. The lowest BCUT2D eigenvalue weighted by molar-refractivity contribution is -0.385. The van der Waals surface area contributed by atoms with Crippen molar-refractivity contribution in [3.63, 3.8) is 0 Å². The molecule has 4 amide bonds. The van der Waals surface area contributed by atoms with E-state index in [1.54, 1.807) is 0 Å². The number of amides is 4. The first-order valence-corrected chi connectivity index (χ1v) is 11.9. The highest BCUT2D eigenvalue weighted by atomic mass is 16.6. The second-order valence-electron chi connectivity index (χ2n) is 8.78. The monoisotopic (exact) mass is 551 g/mol. The Morgan fingerprint density at radius 2 is 1.10 bits per heavy atom. The van der Waals surface area contributed by atoms with Gasteiger partial charge in [0.1, 0.15) is 0 Å². The molecule has 0 fully saturated rings. The molecular formula is C28H17N5O8. The zero-order chi connectivity index (χ0) is 29.3. The summed E-state index contributed by atoms with van der Waals surface area (Å²) in [6.07, 6.45) is 0. The second-order valence-corrected chi connectivity index (χ2v) is 8.78. The predicted molar refractivity (Wildman–Crippen MR) is 146 cm³/mol. The highest BCUT2D eigenvalue weighted by Crippen LogP contribution is 2.30. The van der Waals surface area contributed by atoms with Crippen LogP contribution in [0.25, 0.3) is 0 Å². The lowest BCUT2D eigenvalue weighted by Gasteiger charge is -2.14. The SMILES string of the molecule is O=C(Nc1cccc([N+](=O)[O-])c1)c1ccc(N2C(=O)c3ccc(C(=O)Nc4cccc([N+](=O)[O-])c4)cc3C2=O)cc1. The maximum absolute atomic E-state index is 13.2. The third-order valence-electron chi connectivity index (χ3n) is 6.17. The van der Waals surface area contributed by atoms with E-state index in [4.69, 9.17) is 0 Å². The van der Waals surface area contributed by atoms with Gasteiger partial charge in [0.05, 0.1) is 26.7 Å². The molecule has 0 atom stereocenters. The van der Waals surface area contributed by atoms with E-state index in [1.807, 2.05) is 0 Å². The van der Waals surface area contributed by atoms with Gasteiger partial charge in [0.25, 0.3) is 35.0 Å². The largest absolute Gasteiger partial charge is 0.322 e. The Morgan fingerprint density at radius 1 is 0.610 bits per heavy atom. The van der Waals surface area contributed by atoms with Crippen LogP contribution >= 0.6 is 0 Å². The molecule has 0 saturated heterocycles. The summed E-state index contributed by atoms with van der Waals surface area (Å²) in [5.74, 6) is -2.49. The van der Waals surface area contributed by atoms with E-state index in [9.17, 15) is 39.4 Å². The average Bonchev–Trinajstić information content (AvgIpc) is 3.22. The number of benzene rings is 4. The maximum atomic E-state index is 13.2. The van der Waals surface area contributed by atoms with Crippen LogP contribution in [0.3, 0.4) is 0 Å². The Labute approximate surface area is 230 Å². The van der Waals surface area contributed by atoms with Crippen LogP contribution in [0.5, 0.6) is 0 Å². The van der Waals surface area contributed by atoms with Crippen molar-refractivity contribution in [2.24, 2.45) is 0 Å². The van der Waals surface area contributed by atoms with Crippen molar-refractivity contribution in [1.29, 1.82) is 0 Å². The summed E-state index contributed by atoms with van der Waals surface area (Å²) >= 11 is 0. The van der Waals surface area contributed by atoms with Crippen LogP contribution in [0, 0.1) is 20.2 Å². The molecule has 2 N–H and O–H groups in total. The van der Waals surface area contributed by atoms with Gasteiger partial charge >= 0.3 is 0 Å². The van der Waals surface area contributed by atoms with Gasteiger partial charge in [-0.15, -0.1) is 0 Å². The van der Waals surface area contributed by atoms with Gasteiger partial charge in [0.15, 0.2) is 0 Å². The third-order valence-corrected chi connectivity index (χ3v) is 6.17. The average molecular weight is 551 g/mol. The number of nitro benzene ring substituents is 2. The van der Waals surface area contributed by atoms with Gasteiger partial charge in [-0.25, -0.2) is 4.90 Å². The summed E-state index contributed by atoms with van der Waals surface area (Å²) in [7, 11) is 0. The van der Waals surface area contributed by atoms with E-state index in [0.717, 1.165) is 4.90 Å². The summed E-state index contributed by atoms with van der Waals surface area (Å²) in [5.41, 5.74) is 0.508. The number of imide groups is 1. The van der Waals surface area contributed by atoms with E-state index in [-0.39, 0.29) is 50.7 Å². The molecule has 13 heteroatoms. The molecule has 1 heterocycles. The number of carbonyl (C=O) groups is 4. The molecule has 1 aliphatic rings. The summed E-state index contributed by atoms with van der Waals surface area (Å²) in [5, 5.41) is 27.0. The van der Waals surface area contributed by atoms with Crippen molar-refractivity contribution >= 4 is 52.1 Å². The van der Waals surface area contributed by atoms with Gasteiger partial charge in [0.2, 0.25) is 0 Å².